The number of fused-ring (bicyclic) bond motifs is 1. The standard InChI is InChI=1S/C19H23N5O3/c1-19(2,3)27-18(26)23-10-9-13(11-23)14-5-4-6-15-20-17(22-24(14)15)21-16(25)12-7-8-12/h4-6,9,12H,7-8,10-11H2,1-3H3,(H,21,22,25). The Labute approximate surface area is 157 Å². The Morgan fingerprint density at radius 2 is 2.04 bits per heavy atom. The SMILES string of the molecule is CC(C)(C)OC(=O)N1CC=C(c2cccc3nc(NC(=O)C4CC4)nn23)C1. The van der Waals surface area contributed by atoms with E-state index >= 15 is 0 Å². The molecule has 4 rings (SSSR count). The number of aromatic nitrogens is 3. The highest BCUT2D eigenvalue weighted by molar-refractivity contribution is 5.92. The van der Waals surface area contributed by atoms with Crippen LogP contribution in [-0.4, -0.2) is 50.2 Å². The van der Waals surface area contributed by atoms with Gasteiger partial charge in [0.2, 0.25) is 11.9 Å². The number of nitrogens with one attached hydrogen (secondary N) is 1. The van der Waals surface area contributed by atoms with Gasteiger partial charge in [0.25, 0.3) is 0 Å². The molecule has 1 aliphatic carbocycles. The van der Waals surface area contributed by atoms with Crippen molar-refractivity contribution in [3.05, 3.63) is 30.0 Å². The monoisotopic (exact) mass is 369 g/mol. The van der Waals surface area contributed by atoms with Gasteiger partial charge in [-0.25, -0.2) is 9.31 Å². The summed E-state index contributed by atoms with van der Waals surface area (Å²) in [7, 11) is 0. The fraction of sp³-hybridized carbons (Fsp3) is 0.474. The zero-order valence-corrected chi connectivity index (χ0v) is 15.7. The Morgan fingerprint density at radius 3 is 2.74 bits per heavy atom. The van der Waals surface area contributed by atoms with Crippen LogP contribution in [0.4, 0.5) is 10.7 Å². The lowest BCUT2D eigenvalue weighted by atomic mass is 10.2. The van der Waals surface area contributed by atoms with Crippen LogP contribution in [0.15, 0.2) is 24.3 Å². The van der Waals surface area contributed by atoms with Crippen LogP contribution in [0.3, 0.4) is 0 Å². The van der Waals surface area contributed by atoms with Crippen LogP contribution >= 0.6 is 0 Å². The molecule has 2 aromatic heterocycles. The van der Waals surface area contributed by atoms with Crippen LogP contribution in [0.5, 0.6) is 0 Å². The summed E-state index contributed by atoms with van der Waals surface area (Å²) in [6, 6.07) is 5.66. The first-order chi connectivity index (χ1) is 12.8. The number of carbonyl (C=O) groups is 2. The fourth-order valence-electron chi connectivity index (χ4n) is 2.97. The molecular formula is C19H23N5O3. The fourth-order valence-corrected chi connectivity index (χ4v) is 2.97. The minimum Gasteiger partial charge on any atom is -0.444 e. The summed E-state index contributed by atoms with van der Waals surface area (Å²) in [5, 5.41) is 7.21. The summed E-state index contributed by atoms with van der Waals surface area (Å²) in [6.07, 6.45) is 3.51. The molecule has 27 heavy (non-hydrogen) atoms. The summed E-state index contributed by atoms with van der Waals surface area (Å²) in [5.41, 5.74) is 1.94. The Balaban J connectivity index is 1.52. The number of pyridine rings is 1. The molecule has 1 N–H and O–H groups in total. The number of amides is 2. The van der Waals surface area contributed by atoms with Gasteiger partial charge in [0.05, 0.1) is 12.2 Å². The molecule has 0 bridgehead atoms. The second-order valence-corrected chi connectivity index (χ2v) is 7.97. The molecule has 0 spiro atoms. The number of hydrogen-bond donors (Lipinski definition) is 1. The molecule has 2 aromatic rings. The van der Waals surface area contributed by atoms with Crippen LogP contribution in [0, 0.1) is 5.92 Å². The van der Waals surface area contributed by atoms with Crippen molar-refractivity contribution in [2.24, 2.45) is 5.92 Å². The second kappa shape index (κ2) is 6.37. The molecule has 8 heteroatoms. The van der Waals surface area contributed by atoms with Crippen molar-refractivity contribution in [3.63, 3.8) is 0 Å². The molecule has 1 fully saturated rings. The highest BCUT2D eigenvalue weighted by atomic mass is 16.6. The van der Waals surface area contributed by atoms with Crippen LogP contribution in [0.2, 0.25) is 0 Å². The molecule has 8 nitrogen and oxygen atoms in total. The Bertz CT molecular complexity index is 936. The molecule has 3 heterocycles. The minimum absolute atomic E-state index is 0.0244. The minimum atomic E-state index is -0.527. The summed E-state index contributed by atoms with van der Waals surface area (Å²) >= 11 is 0. The van der Waals surface area contributed by atoms with Gasteiger partial charge < -0.3 is 9.64 Å². The van der Waals surface area contributed by atoms with Gasteiger partial charge in [0.15, 0.2) is 5.65 Å². The van der Waals surface area contributed by atoms with Gasteiger partial charge in [-0.15, -0.1) is 5.10 Å². The number of hydrogen-bond acceptors (Lipinski definition) is 5. The van der Waals surface area contributed by atoms with E-state index in [4.69, 9.17) is 4.74 Å². The maximum atomic E-state index is 12.3. The first-order valence-electron chi connectivity index (χ1n) is 9.14. The van der Waals surface area contributed by atoms with Gasteiger partial charge in [-0.2, -0.15) is 4.98 Å². The van der Waals surface area contributed by atoms with Crippen molar-refractivity contribution in [1.29, 1.82) is 0 Å². The van der Waals surface area contributed by atoms with E-state index in [-0.39, 0.29) is 17.9 Å². The van der Waals surface area contributed by atoms with E-state index in [0.29, 0.717) is 24.7 Å². The Kier molecular flexibility index (Phi) is 4.13. The van der Waals surface area contributed by atoms with Crippen molar-refractivity contribution < 1.29 is 14.3 Å². The van der Waals surface area contributed by atoms with Gasteiger partial charge in [-0.05, 0) is 51.3 Å². The van der Waals surface area contributed by atoms with E-state index in [2.05, 4.69) is 15.4 Å². The quantitative estimate of drug-likeness (QED) is 0.899. The first kappa shape index (κ1) is 17.5. The van der Waals surface area contributed by atoms with E-state index in [1.54, 1.807) is 9.42 Å². The molecule has 142 valence electrons. The number of rotatable bonds is 3. The van der Waals surface area contributed by atoms with E-state index in [0.717, 1.165) is 24.1 Å². The smallest absolute Gasteiger partial charge is 0.410 e. The second-order valence-electron chi connectivity index (χ2n) is 7.97. The van der Waals surface area contributed by atoms with Crippen molar-refractivity contribution in [3.8, 4) is 0 Å². The zero-order valence-electron chi connectivity index (χ0n) is 15.7. The predicted molar refractivity (Wildman–Crippen MR) is 100 cm³/mol. The number of nitrogens with zero attached hydrogens (tertiary/aromatic N) is 4. The Morgan fingerprint density at radius 1 is 1.26 bits per heavy atom. The Hall–Kier alpha value is -2.90. The number of anilines is 1. The summed E-state index contributed by atoms with van der Waals surface area (Å²) in [6.45, 7) is 6.48. The molecule has 1 saturated carbocycles. The van der Waals surface area contributed by atoms with Crippen LogP contribution in [-0.2, 0) is 9.53 Å². The molecule has 2 amide bonds. The molecule has 0 unspecified atom stereocenters. The van der Waals surface area contributed by atoms with Gasteiger partial charge in [0, 0.05) is 12.5 Å². The average molecular weight is 369 g/mol. The molecule has 0 atom stereocenters. The number of ether oxygens (including phenoxy) is 1. The zero-order chi connectivity index (χ0) is 19.2. The van der Waals surface area contributed by atoms with E-state index in [1.807, 2.05) is 45.0 Å². The van der Waals surface area contributed by atoms with Crippen molar-refractivity contribution >= 4 is 29.2 Å². The molecule has 0 saturated heterocycles. The van der Waals surface area contributed by atoms with E-state index in [1.165, 1.54) is 0 Å². The topological polar surface area (TPSA) is 88.8 Å². The molecule has 1 aliphatic heterocycles. The van der Waals surface area contributed by atoms with Gasteiger partial charge >= 0.3 is 6.09 Å². The number of carbonyl (C=O) groups excluding carboxylic acids is 2. The lowest BCUT2D eigenvalue weighted by Gasteiger charge is -2.24. The first-order valence-corrected chi connectivity index (χ1v) is 9.14. The third-order valence-corrected chi connectivity index (χ3v) is 4.44. The van der Waals surface area contributed by atoms with Crippen molar-refractivity contribution in [2.75, 3.05) is 18.4 Å². The lowest BCUT2D eigenvalue weighted by molar-refractivity contribution is -0.117. The lowest BCUT2D eigenvalue weighted by Crippen LogP contribution is -2.35. The summed E-state index contributed by atoms with van der Waals surface area (Å²) in [5.74, 6) is 0.376. The maximum absolute atomic E-state index is 12.3. The maximum Gasteiger partial charge on any atom is 0.410 e. The van der Waals surface area contributed by atoms with Crippen LogP contribution < -0.4 is 5.32 Å². The van der Waals surface area contributed by atoms with Gasteiger partial charge in [0.1, 0.15) is 5.60 Å². The largest absolute Gasteiger partial charge is 0.444 e. The highest BCUT2D eigenvalue weighted by Gasteiger charge is 2.31. The highest BCUT2D eigenvalue weighted by Crippen LogP contribution is 2.30. The normalized spacial score (nSPS) is 17.1. The molecule has 2 aliphatic rings. The molecular weight excluding hydrogens is 346 g/mol. The van der Waals surface area contributed by atoms with Gasteiger partial charge in [-0.3, -0.25) is 10.1 Å². The van der Waals surface area contributed by atoms with E-state index in [9.17, 15) is 9.59 Å². The molecule has 0 radical (unpaired) electrons. The van der Waals surface area contributed by atoms with Crippen LogP contribution in [0.25, 0.3) is 11.2 Å². The summed E-state index contributed by atoms with van der Waals surface area (Å²) in [4.78, 5) is 30.3. The summed E-state index contributed by atoms with van der Waals surface area (Å²) < 4.78 is 7.14. The van der Waals surface area contributed by atoms with E-state index < -0.39 is 5.60 Å². The third kappa shape index (κ3) is 3.79. The van der Waals surface area contributed by atoms with Crippen LogP contribution in [0.1, 0.15) is 39.3 Å². The van der Waals surface area contributed by atoms with Gasteiger partial charge in [-0.1, -0.05) is 12.1 Å². The van der Waals surface area contributed by atoms with Crippen molar-refractivity contribution in [1.82, 2.24) is 19.5 Å². The average Bonchev–Trinajstić information content (AvgIpc) is 3.17. The van der Waals surface area contributed by atoms with Crippen molar-refractivity contribution in [2.45, 2.75) is 39.2 Å². The predicted octanol–water partition coefficient (Wildman–Crippen LogP) is 2.71. The molecule has 0 aromatic carbocycles. The third-order valence-electron chi connectivity index (χ3n) is 4.44.